The highest BCUT2D eigenvalue weighted by Crippen LogP contribution is 2.19. The van der Waals surface area contributed by atoms with Crippen molar-refractivity contribution in [2.45, 2.75) is 39.2 Å². The maximum atomic E-state index is 4.24. The first-order chi connectivity index (χ1) is 6.83. The van der Waals surface area contributed by atoms with Crippen LogP contribution in [0.5, 0.6) is 0 Å². The van der Waals surface area contributed by atoms with E-state index in [9.17, 15) is 0 Å². The first-order valence-electron chi connectivity index (χ1n) is 5.44. The molecule has 0 aromatic carbocycles. The molecule has 1 aliphatic rings. The van der Waals surface area contributed by atoms with E-state index >= 15 is 0 Å². The van der Waals surface area contributed by atoms with Crippen LogP contribution in [0.3, 0.4) is 0 Å². The summed E-state index contributed by atoms with van der Waals surface area (Å²) in [5, 5.41) is 11.8. The van der Waals surface area contributed by atoms with E-state index in [4.69, 9.17) is 0 Å². The first-order valence-corrected chi connectivity index (χ1v) is 5.44. The van der Waals surface area contributed by atoms with Crippen LogP contribution in [0.15, 0.2) is 0 Å². The Morgan fingerprint density at radius 3 is 3.00 bits per heavy atom. The van der Waals surface area contributed by atoms with Crippen molar-refractivity contribution in [3.63, 3.8) is 0 Å². The molecule has 1 saturated heterocycles. The molecule has 0 amide bonds. The molecule has 0 bridgehead atoms. The summed E-state index contributed by atoms with van der Waals surface area (Å²) in [7, 11) is 0. The lowest BCUT2D eigenvalue weighted by atomic mass is 10.2. The highest BCUT2D eigenvalue weighted by molar-refractivity contribution is 4.99. The molecule has 0 saturated carbocycles. The second-order valence-corrected chi connectivity index (χ2v) is 3.93. The summed E-state index contributed by atoms with van der Waals surface area (Å²) in [6.07, 6.45) is 3.38. The highest BCUT2D eigenvalue weighted by Gasteiger charge is 2.21. The number of hydrogen-bond acceptors (Lipinski definition) is 3. The van der Waals surface area contributed by atoms with Crippen molar-refractivity contribution in [2.24, 2.45) is 0 Å². The SMILES string of the molecule is CCCc1nnc(C)n1C1CCNC1. The number of rotatable bonds is 3. The molecule has 0 radical (unpaired) electrons. The van der Waals surface area contributed by atoms with E-state index in [1.165, 1.54) is 6.42 Å². The van der Waals surface area contributed by atoms with E-state index in [-0.39, 0.29) is 0 Å². The van der Waals surface area contributed by atoms with Crippen LogP contribution in [-0.2, 0) is 6.42 Å². The van der Waals surface area contributed by atoms with Crippen LogP contribution in [0.4, 0.5) is 0 Å². The second-order valence-electron chi connectivity index (χ2n) is 3.93. The Hall–Kier alpha value is -0.900. The van der Waals surface area contributed by atoms with E-state index in [1.807, 2.05) is 6.92 Å². The largest absolute Gasteiger partial charge is 0.315 e. The van der Waals surface area contributed by atoms with Crippen LogP contribution >= 0.6 is 0 Å². The minimum atomic E-state index is 0.576. The molecule has 1 aromatic rings. The number of aryl methyl sites for hydroxylation is 2. The molecule has 1 N–H and O–H groups in total. The molecule has 4 nitrogen and oxygen atoms in total. The molecule has 78 valence electrons. The monoisotopic (exact) mass is 194 g/mol. The van der Waals surface area contributed by atoms with E-state index in [0.717, 1.165) is 37.6 Å². The molecule has 4 heteroatoms. The molecule has 1 aliphatic heterocycles. The zero-order valence-corrected chi connectivity index (χ0v) is 8.95. The van der Waals surface area contributed by atoms with Crippen LogP contribution in [0.1, 0.15) is 37.5 Å². The van der Waals surface area contributed by atoms with Gasteiger partial charge in [0, 0.05) is 13.0 Å². The predicted molar refractivity (Wildman–Crippen MR) is 55.3 cm³/mol. The van der Waals surface area contributed by atoms with Crippen molar-refractivity contribution in [1.82, 2.24) is 20.1 Å². The van der Waals surface area contributed by atoms with Gasteiger partial charge in [-0.25, -0.2) is 0 Å². The topological polar surface area (TPSA) is 42.7 Å². The summed E-state index contributed by atoms with van der Waals surface area (Å²) in [5.41, 5.74) is 0. The van der Waals surface area contributed by atoms with E-state index in [1.54, 1.807) is 0 Å². The molecule has 14 heavy (non-hydrogen) atoms. The third-order valence-electron chi connectivity index (χ3n) is 2.81. The first kappa shape index (κ1) is 9.65. The summed E-state index contributed by atoms with van der Waals surface area (Å²) in [4.78, 5) is 0. The maximum Gasteiger partial charge on any atom is 0.133 e. The normalized spacial score (nSPS) is 21.7. The molecule has 1 atom stereocenters. The van der Waals surface area contributed by atoms with Gasteiger partial charge in [0.15, 0.2) is 0 Å². The third-order valence-corrected chi connectivity index (χ3v) is 2.81. The Balaban J connectivity index is 2.24. The quantitative estimate of drug-likeness (QED) is 0.782. The van der Waals surface area contributed by atoms with Crippen molar-refractivity contribution < 1.29 is 0 Å². The number of nitrogens with one attached hydrogen (secondary N) is 1. The fourth-order valence-corrected chi connectivity index (χ4v) is 2.14. The summed E-state index contributed by atoms with van der Waals surface area (Å²) in [6.45, 7) is 6.41. The molecule has 1 unspecified atom stereocenters. The molecular weight excluding hydrogens is 176 g/mol. The predicted octanol–water partition coefficient (Wildman–Crippen LogP) is 1.07. The van der Waals surface area contributed by atoms with Crippen molar-refractivity contribution in [3.8, 4) is 0 Å². The molecule has 0 aliphatic carbocycles. The Labute approximate surface area is 84.7 Å². The van der Waals surface area contributed by atoms with Gasteiger partial charge in [-0.3, -0.25) is 0 Å². The van der Waals surface area contributed by atoms with Crippen LogP contribution in [-0.4, -0.2) is 27.9 Å². The van der Waals surface area contributed by atoms with Crippen LogP contribution in [0, 0.1) is 6.92 Å². The van der Waals surface area contributed by atoms with E-state index in [0.29, 0.717) is 6.04 Å². The summed E-state index contributed by atoms with van der Waals surface area (Å²) in [5.74, 6) is 2.21. The fourth-order valence-electron chi connectivity index (χ4n) is 2.14. The molecule has 1 fully saturated rings. The number of nitrogens with zero attached hydrogens (tertiary/aromatic N) is 3. The maximum absolute atomic E-state index is 4.24. The van der Waals surface area contributed by atoms with Crippen molar-refractivity contribution in [1.29, 1.82) is 0 Å². The van der Waals surface area contributed by atoms with E-state index in [2.05, 4.69) is 27.0 Å². The lowest BCUT2D eigenvalue weighted by Crippen LogP contribution is -2.16. The van der Waals surface area contributed by atoms with Gasteiger partial charge in [-0.05, 0) is 26.3 Å². The van der Waals surface area contributed by atoms with Gasteiger partial charge in [0.2, 0.25) is 0 Å². The number of aromatic nitrogens is 3. The van der Waals surface area contributed by atoms with Gasteiger partial charge < -0.3 is 9.88 Å². The van der Waals surface area contributed by atoms with E-state index < -0.39 is 0 Å². The second kappa shape index (κ2) is 4.09. The lowest BCUT2D eigenvalue weighted by molar-refractivity contribution is 0.508. The molecular formula is C10H18N4. The molecule has 2 rings (SSSR count). The van der Waals surface area contributed by atoms with Gasteiger partial charge >= 0.3 is 0 Å². The average Bonchev–Trinajstić information content (AvgIpc) is 2.76. The molecule has 0 spiro atoms. The Bertz CT molecular complexity index is 299. The van der Waals surface area contributed by atoms with Gasteiger partial charge in [-0.2, -0.15) is 0 Å². The Morgan fingerprint density at radius 1 is 1.50 bits per heavy atom. The average molecular weight is 194 g/mol. The minimum Gasteiger partial charge on any atom is -0.315 e. The number of hydrogen-bond donors (Lipinski definition) is 1. The van der Waals surface area contributed by atoms with Crippen molar-refractivity contribution in [3.05, 3.63) is 11.6 Å². The van der Waals surface area contributed by atoms with Crippen LogP contribution in [0.25, 0.3) is 0 Å². The van der Waals surface area contributed by atoms with Crippen molar-refractivity contribution in [2.75, 3.05) is 13.1 Å². The zero-order chi connectivity index (χ0) is 9.97. The molecule has 2 heterocycles. The van der Waals surface area contributed by atoms with Gasteiger partial charge in [0.25, 0.3) is 0 Å². The van der Waals surface area contributed by atoms with Crippen LogP contribution < -0.4 is 5.32 Å². The molecule has 1 aromatic heterocycles. The zero-order valence-electron chi connectivity index (χ0n) is 8.95. The van der Waals surface area contributed by atoms with Crippen LogP contribution in [0.2, 0.25) is 0 Å². The standard InChI is InChI=1S/C10H18N4/c1-3-4-10-13-12-8(2)14(10)9-5-6-11-7-9/h9,11H,3-7H2,1-2H3. The smallest absolute Gasteiger partial charge is 0.133 e. The van der Waals surface area contributed by atoms with Gasteiger partial charge in [-0.1, -0.05) is 6.92 Å². The van der Waals surface area contributed by atoms with Crippen molar-refractivity contribution >= 4 is 0 Å². The Morgan fingerprint density at radius 2 is 2.36 bits per heavy atom. The Kier molecular flexibility index (Phi) is 2.82. The minimum absolute atomic E-state index is 0.576. The van der Waals surface area contributed by atoms with Gasteiger partial charge in [-0.15, -0.1) is 10.2 Å². The highest BCUT2D eigenvalue weighted by atomic mass is 15.3. The lowest BCUT2D eigenvalue weighted by Gasteiger charge is -2.14. The van der Waals surface area contributed by atoms with Gasteiger partial charge in [0.1, 0.15) is 11.6 Å². The third kappa shape index (κ3) is 1.66. The van der Waals surface area contributed by atoms with Gasteiger partial charge in [0.05, 0.1) is 6.04 Å². The summed E-state index contributed by atoms with van der Waals surface area (Å²) in [6, 6.07) is 0.576. The summed E-state index contributed by atoms with van der Waals surface area (Å²) < 4.78 is 2.31. The fraction of sp³-hybridized carbons (Fsp3) is 0.800. The summed E-state index contributed by atoms with van der Waals surface area (Å²) >= 11 is 0.